The molecular formula is C15H16ClN3O. The van der Waals surface area contributed by atoms with Gasteiger partial charge < -0.3 is 5.32 Å². The first-order valence-electron chi connectivity index (χ1n) is 6.27. The molecule has 0 unspecified atom stereocenters. The van der Waals surface area contributed by atoms with Gasteiger partial charge in [-0.1, -0.05) is 50.6 Å². The number of aromatic nitrogens is 2. The molecule has 0 saturated heterocycles. The van der Waals surface area contributed by atoms with Gasteiger partial charge in [0.1, 0.15) is 0 Å². The lowest BCUT2D eigenvalue weighted by Gasteiger charge is -2.22. The van der Waals surface area contributed by atoms with Crippen LogP contribution in [0.3, 0.4) is 0 Å². The standard InChI is InChI=1S/C15H16ClN3O/c1-15(2,3)11-7-5-4-6-10(11)14(20)19-13-12(16)17-8-9-18-13/h4-9H,1-3H3,(H,18,19,20). The molecule has 0 bridgehead atoms. The molecule has 0 saturated carbocycles. The Morgan fingerprint density at radius 3 is 2.45 bits per heavy atom. The Hall–Kier alpha value is -1.94. The predicted octanol–water partition coefficient (Wildman–Crippen LogP) is 3.68. The fraction of sp³-hybridized carbons (Fsp3) is 0.267. The topological polar surface area (TPSA) is 54.9 Å². The second-order valence-electron chi connectivity index (χ2n) is 5.45. The van der Waals surface area contributed by atoms with E-state index in [0.717, 1.165) is 5.56 Å². The maximum absolute atomic E-state index is 12.4. The summed E-state index contributed by atoms with van der Waals surface area (Å²) < 4.78 is 0. The quantitative estimate of drug-likeness (QED) is 0.917. The van der Waals surface area contributed by atoms with E-state index < -0.39 is 0 Å². The molecule has 1 N–H and O–H groups in total. The first kappa shape index (κ1) is 14.5. The van der Waals surface area contributed by atoms with Gasteiger partial charge >= 0.3 is 0 Å². The maximum atomic E-state index is 12.4. The number of anilines is 1. The van der Waals surface area contributed by atoms with Crippen molar-refractivity contribution in [3.8, 4) is 0 Å². The van der Waals surface area contributed by atoms with Gasteiger partial charge in [-0.3, -0.25) is 4.79 Å². The summed E-state index contributed by atoms with van der Waals surface area (Å²) in [5.41, 5.74) is 1.46. The molecule has 0 aliphatic heterocycles. The summed E-state index contributed by atoms with van der Waals surface area (Å²) in [7, 11) is 0. The predicted molar refractivity (Wildman–Crippen MR) is 80.1 cm³/mol. The summed E-state index contributed by atoms with van der Waals surface area (Å²) in [6.07, 6.45) is 2.96. The Kier molecular flexibility index (Phi) is 4.04. The minimum atomic E-state index is -0.238. The number of hydrogen-bond acceptors (Lipinski definition) is 3. The fourth-order valence-electron chi connectivity index (χ4n) is 1.91. The molecule has 4 nitrogen and oxygen atoms in total. The van der Waals surface area contributed by atoms with E-state index in [1.165, 1.54) is 12.4 Å². The van der Waals surface area contributed by atoms with Crippen LogP contribution in [0.4, 0.5) is 5.82 Å². The van der Waals surface area contributed by atoms with Crippen LogP contribution in [0.2, 0.25) is 5.15 Å². The lowest BCUT2D eigenvalue weighted by molar-refractivity contribution is 0.102. The molecule has 0 aliphatic rings. The van der Waals surface area contributed by atoms with Crippen LogP contribution in [0.25, 0.3) is 0 Å². The summed E-state index contributed by atoms with van der Waals surface area (Å²) in [4.78, 5) is 20.3. The Balaban J connectivity index is 2.34. The van der Waals surface area contributed by atoms with Gasteiger partial charge in [0.05, 0.1) is 0 Å². The van der Waals surface area contributed by atoms with Crippen molar-refractivity contribution in [1.29, 1.82) is 0 Å². The second kappa shape index (κ2) is 5.59. The number of amides is 1. The van der Waals surface area contributed by atoms with Crippen LogP contribution in [0.5, 0.6) is 0 Å². The zero-order valence-corrected chi connectivity index (χ0v) is 12.4. The maximum Gasteiger partial charge on any atom is 0.257 e. The van der Waals surface area contributed by atoms with Crippen molar-refractivity contribution in [3.63, 3.8) is 0 Å². The van der Waals surface area contributed by atoms with Crippen LogP contribution in [0.15, 0.2) is 36.7 Å². The lowest BCUT2D eigenvalue weighted by Crippen LogP contribution is -2.21. The number of rotatable bonds is 2. The number of hydrogen-bond donors (Lipinski definition) is 1. The summed E-state index contributed by atoms with van der Waals surface area (Å²) in [5.74, 6) is 0.0285. The summed E-state index contributed by atoms with van der Waals surface area (Å²) in [5, 5.41) is 2.87. The Bertz CT molecular complexity index is 635. The normalized spacial score (nSPS) is 11.2. The van der Waals surface area contributed by atoms with Crippen LogP contribution in [0, 0.1) is 0 Å². The zero-order chi connectivity index (χ0) is 14.8. The van der Waals surface area contributed by atoms with Crippen LogP contribution in [-0.2, 0) is 5.41 Å². The highest BCUT2D eigenvalue weighted by Gasteiger charge is 2.21. The molecule has 0 spiro atoms. The van der Waals surface area contributed by atoms with E-state index in [4.69, 9.17) is 11.6 Å². The zero-order valence-electron chi connectivity index (χ0n) is 11.6. The molecule has 20 heavy (non-hydrogen) atoms. The fourth-order valence-corrected chi connectivity index (χ4v) is 2.07. The number of carbonyl (C=O) groups is 1. The van der Waals surface area contributed by atoms with Gasteiger partial charge in [0, 0.05) is 18.0 Å². The summed E-state index contributed by atoms with van der Waals surface area (Å²) >= 11 is 5.90. The Labute approximate surface area is 123 Å². The van der Waals surface area contributed by atoms with Gasteiger partial charge in [0.25, 0.3) is 5.91 Å². The summed E-state index contributed by atoms with van der Waals surface area (Å²) in [6, 6.07) is 7.50. The third kappa shape index (κ3) is 3.14. The minimum Gasteiger partial charge on any atom is -0.304 e. The largest absolute Gasteiger partial charge is 0.304 e. The van der Waals surface area contributed by atoms with E-state index in [0.29, 0.717) is 5.56 Å². The first-order valence-corrected chi connectivity index (χ1v) is 6.65. The first-order chi connectivity index (χ1) is 9.39. The van der Waals surface area contributed by atoms with Crippen molar-refractivity contribution in [1.82, 2.24) is 9.97 Å². The van der Waals surface area contributed by atoms with Crippen molar-refractivity contribution in [2.45, 2.75) is 26.2 Å². The highest BCUT2D eigenvalue weighted by Crippen LogP contribution is 2.26. The van der Waals surface area contributed by atoms with Gasteiger partial charge in [-0.2, -0.15) is 0 Å². The van der Waals surface area contributed by atoms with Crippen LogP contribution < -0.4 is 5.32 Å². The monoisotopic (exact) mass is 289 g/mol. The Morgan fingerprint density at radius 2 is 1.80 bits per heavy atom. The molecule has 2 aromatic rings. The van der Waals surface area contributed by atoms with Crippen LogP contribution in [-0.4, -0.2) is 15.9 Å². The lowest BCUT2D eigenvalue weighted by atomic mass is 9.83. The van der Waals surface area contributed by atoms with Crippen LogP contribution >= 0.6 is 11.6 Å². The molecule has 1 amide bonds. The number of benzene rings is 1. The molecular weight excluding hydrogens is 274 g/mol. The van der Waals surface area contributed by atoms with Crippen molar-refractivity contribution >= 4 is 23.3 Å². The molecule has 5 heteroatoms. The van der Waals surface area contributed by atoms with Gasteiger partial charge in [0.15, 0.2) is 11.0 Å². The molecule has 1 heterocycles. The van der Waals surface area contributed by atoms with E-state index >= 15 is 0 Å². The molecule has 104 valence electrons. The molecule has 1 aromatic carbocycles. The van der Waals surface area contributed by atoms with Crippen molar-refractivity contribution < 1.29 is 4.79 Å². The number of nitrogens with zero attached hydrogens (tertiary/aromatic N) is 2. The van der Waals surface area contributed by atoms with Crippen molar-refractivity contribution in [3.05, 3.63) is 52.9 Å². The highest BCUT2D eigenvalue weighted by molar-refractivity contribution is 6.32. The average molecular weight is 290 g/mol. The average Bonchev–Trinajstić information content (AvgIpc) is 2.40. The number of carbonyl (C=O) groups excluding carboxylic acids is 1. The van der Waals surface area contributed by atoms with E-state index in [-0.39, 0.29) is 22.3 Å². The Morgan fingerprint density at radius 1 is 1.15 bits per heavy atom. The van der Waals surface area contributed by atoms with E-state index in [2.05, 4.69) is 36.1 Å². The van der Waals surface area contributed by atoms with E-state index in [9.17, 15) is 4.79 Å². The van der Waals surface area contributed by atoms with E-state index in [1.807, 2.05) is 18.2 Å². The molecule has 0 fully saturated rings. The van der Waals surface area contributed by atoms with Gasteiger partial charge in [-0.05, 0) is 17.0 Å². The molecule has 0 atom stereocenters. The van der Waals surface area contributed by atoms with Gasteiger partial charge in [-0.25, -0.2) is 9.97 Å². The third-order valence-corrected chi connectivity index (χ3v) is 3.14. The highest BCUT2D eigenvalue weighted by atomic mass is 35.5. The van der Waals surface area contributed by atoms with E-state index in [1.54, 1.807) is 6.07 Å². The molecule has 0 radical (unpaired) electrons. The summed E-state index contributed by atoms with van der Waals surface area (Å²) in [6.45, 7) is 6.19. The molecule has 0 aliphatic carbocycles. The number of halogens is 1. The molecule has 1 aromatic heterocycles. The van der Waals surface area contributed by atoms with Gasteiger partial charge in [0.2, 0.25) is 0 Å². The minimum absolute atomic E-state index is 0.125. The smallest absolute Gasteiger partial charge is 0.257 e. The SMILES string of the molecule is CC(C)(C)c1ccccc1C(=O)Nc1nccnc1Cl. The van der Waals surface area contributed by atoms with Crippen LogP contribution in [0.1, 0.15) is 36.7 Å². The van der Waals surface area contributed by atoms with Crippen molar-refractivity contribution in [2.24, 2.45) is 0 Å². The van der Waals surface area contributed by atoms with Crippen molar-refractivity contribution in [2.75, 3.05) is 5.32 Å². The van der Waals surface area contributed by atoms with Gasteiger partial charge in [-0.15, -0.1) is 0 Å². The third-order valence-electron chi connectivity index (χ3n) is 2.87. The number of nitrogens with one attached hydrogen (secondary N) is 1. The molecule has 2 rings (SSSR count). The second-order valence-corrected chi connectivity index (χ2v) is 5.80.